The zero-order valence-electron chi connectivity index (χ0n) is 22.1. The third-order valence-electron chi connectivity index (χ3n) is 7.24. The Kier molecular flexibility index (Phi) is 7.53. The molecule has 0 spiro atoms. The molecule has 0 saturated carbocycles. The highest BCUT2D eigenvalue weighted by molar-refractivity contribution is 8.44. The van der Waals surface area contributed by atoms with Gasteiger partial charge in [0.1, 0.15) is 48.6 Å². The first-order valence-electron chi connectivity index (χ1n) is 12.8. The van der Waals surface area contributed by atoms with Gasteiger partial charge >= 0.3 is 13.6 Å². The number of ether oxygens (including phenoxy) is 2. The Bertz CT molecular complexity index is 1910. The maximum Gasteiger partial charge on any atom is 0.386 e. The second-order valence-electron chi connectivity index (χ2n) is 10.0. The summed E-state index contributed by atoms with van der Waals surface area (Å²) in [4.78, 5) is 35.2. The lowest BCUT2D eigenvalue weighted by atomic mass is 10.1. The summed E-state index contributed by atoms with van der Waals surface area (Å²) in [5.41, 5.74) is 11.6. The van der Waals surface area contributed by atoms with Crippen molar-refractivity contribution >= 4 is 72.2 Å². The van der Waals surface area contributed by atoms with Crippen molar-refractivity contribution in [3.8, 4) is 0 Å². The van der Waals surface area contributed by atoms with Crippen molar-refractivity contribution in [2.45, 2.75) is 49.4 Å². The summed E-state index contributed by atoms with van der Waals surface area (Å²) < 4.78 is 64.4. The lowest BCUT2D eigenvalue weighted by Gasteiger charge is -2.26. The van der Waals surface area contributed by atoms with Crippen LogP contribution in [0.25, 0.3) is 22.3 Å². The molecule has 0 amide bonds. The maximum absolute atomic E-state index is 13.5. The molecular weight excluding hydrogens is 666 g/mol. The van der Waals surface area contributed by atoms with Crippen molar-refractivity contribution in [1.29, 1.82) is 0 Å². The minimum absolute atomic E-state index is 0.00913. The van der Waals surface area contributed by atoms with Crippen LogP contribution in [0.5, 0.6) is 0 Å². The lowest BCUT2D eigenvalue weighted by molar-refractivity contribution is -0.0565. The average Bonchev–Trinajstić information content (AvgIpc) is 3.72. The molecule has 20 nitrogen and oxygen atoms in total. The van der Waals surface area contributed by atoms with Gasteiger partial charge in [0.2, 0.25) is 5.95 Å². The van der Waals surface area contributed by atoms with Gasteiger partial charge in [0.25, 0.3) is 5.56 Å². The molecule has 3 aliphatic rings. The summed E-state index contributed by atoms with van der Waals surface area (Å²) in [7, 11) is 0. The molecule has 2 bridgehead atoms. The van der Waals surface area contributed by atoms with Crippen molar-refractivity contribution in [1.82, 2.24) is 39.0 Å². The van der Waals surface area contributed by atoms with Gasteiger partial charge in [-0.1, -0.05) is 24.5 Å². The number of hydrogen-bond donors (Lipinski definition) is 6. The third kappa shape index (κ3) is 5.43. The molecule has 44 heavy (non-hydrogen) atoms. The SMILES string of the molecule is Nc1nc2c(ncn2[C@@H]2O[C@@H]3COP(=O)(S)O[C@@H]4C[C@H](n5cnc6c(N)ncnc65)O[C@@H]4COP(=O)(S)OC2[C@H]3O)c(=O)[nH]1. The molecule has 0 aromatic carbocycles. The van der Waals surface area contributed by atoms with Crippen molar-refractivity contribution in [2.75, 3.05) is 24.7 Å². The highest BCUT2D eigenvalue weighted by Crippen LogP contribution is 2.60. The predicted molar refractivity (Wildman–Crippen MR) is 156 cm³/mol. The second kappa shape index (κ2) is 11.0. The van der Waals surface area contributed by atoms with Crippen molar-refractivity contribution in [3.05, 3.63) is 29.3 Å². The molecule has 24 heteroatoms. The first-order chi connectivity index (χ1) is 20.9. The second-order valence-corrected chi connectivity index (χ2v) is 15.8. The van der Waals surface area contributed by atoms with Gasteiger partial charge in [0.15, 0.2) is 28.9 Å². The Balaban J connectivity index is 1.19. The maximum atomic E-state index is 13.5. The van der Waals surface area contributed by atoms with Crippen LogP contribution in [0.4, 0.5) is 11.8 Å². The normalized spacial score (nSPS) is 36.6. The van der Waals surface area contributed by atoms with Crippen LogP contribution in [0.15, 0.2) is 23.8 Å². The Labute approximate surface area is 256 Å². The number of hydrogen-bond acceptors (Lipinski definition) is 17. The van der Waals surface area contributed by atoms with Gasteiger partial charge in [-0.3, -0.25) is 37.0 Å². The van der Waals surface area contributed by atoms with E-state index in [4.69, 9.17) is 39.0 Å². The Hall–Kier alpha value is -2.62. The minimum atomic E-state index is -4.27. The van der Waals surface area contributed by atoms with E-state index in [1.165, 1.54) is 23.5 Å². The molecule has 7 heterocycles. The molecule has 0 aliphatic carbocycles. The number of aromatic nitrogens is 8. The van der Waals surface area contributed by atoms with Gasteiger partial charge in [0.05, 0.1) is 25.9 Å². The van der Waals surface area contributed by atoms with E-state index in [2.05, 4.69) is 54.4 Å². The highest BCUT2D eigenvalue weighted by Gasteiger charge is 2.51. The van der Waals surface area contributed by atoms with Gasteiger partial charge in [-0.15, -0.1) is 0 Å². The van der Waals surface area contributed by atoms with Crippen LogP contribution in [0.3, 0.4) is 0 Å². The van der Waals surface area contributed by atoms with E-state index in [9.17, 15) is 19.0 Å². The summed E-state index contributed by atoms with van der Waals surface area (Å²) >= 11 is 8.23. The van der Waals surface area contributed by atoms with E-state index in [0.29, 0.717) is 11.2 Å². The molecule has 9 atom stereocenters. The number of fused-ring (bicyclic) bond motifs is 5. The fourth-order valence-electron chi connectivity index (χ4n) is 5.26. The molecule has 0 radical (unpaired) electrons. The predicted octanol–water partition coefficient (Wildman–Crippen LogP) is 0.563. The van der Waals surface area contributed by atoms with Crippen LogP contribution in [0, 0.1) is 0 Å². The number of imidazole rings is 2. The van der Waals surface area contributed by atoms with Crippen molar-refractivity contribution in [3.63, 3.8) is 0 Å². The van der Waals surface area contributed by atoms with Gasteiger partial charge in [-0.05, 0) is 0 Å². The molecule has 3 aliphatic heterocycles. The molecular formula is C20H24N10O10P2S2. The Morgan fingerprint density at radius 3 is 2.41 bits per heavy atom. The molecule has 4 aromatic heterocycles. The summed E-state index contributed by atoms with van der Waals surface area (Å²) in [6, 6.07) is 0. The number of H-pyrrole nitrogens is 1. The number of nitrogens with zero attached hydrogens (tertiary/aromatic N) is 7. The van der Waals surface area contributed by atoms with Crippen LogP contribution in [-0.4, -0.2) is 87.9 Å². The van der Waals surface area contributed by atoms with E-state index in [1.807, 2.05) is 0 Å². The first kappa shape index (κ1) is 30.1. The number of nitrogens with one attached hydrogen (secondary N) is 1. The zero-order valence-corrected chi connectivity index (χ0v) is 25.7. The fourth-order valence-corrected chi connectivity index (χ4v) is 8.24. The molecule has 3 saturated heterocycles. The molecule has 4 aromatic rings. The van der Waals surface area contributed by atoms with Crippen LogP contribution in [0.2, 0.25) is 0 Å². The van der Waals surface area contributed by atoms with Crippen LogP contribution in [-0.2, 0) is 36.7 Å². The lowest BCUT2D eigenvalue weighted by Crippen LogP contribution is -2.35. The number of rotatable bonds is 2. The summed E-state index contributed by atoms with van der Waals surface area (Å²) in [5.74, 6) is -0.0370. The first-order valence-corrected chi connectivity index (χ1v) is 18.2. The molecule has 236 valence electrons. The topological polar surface area (TPSA) is 269 Å². The number of aromatic amines is 1. The van der Waals surface area contributed by atoms with E-state index in [1.54, 1.807) is 4.57 Å². The van der Waals surface area contributed by atoms with Crippen LogP contribution < -0.4 is 17.0 Å². The van der Waals surface area contributed by atoms with Gasteiger partial charge in [0, 0.05) is 6.42 Å². The number of aliphatic hydroxyl groups is 1. The van der Waals surface area contributed by atoms with Crippen molar-refractivity contribution in [2.24, 2.45) is 0 Å². The monoisotopic (exact) mass is 690 g/mol. The number of nitrogens with two attached hydrogens (primary N) is 2. The fraction of sp³-hybridized carbons (Fsp3) is 0.500. The van der Waals surface area contributed by atoms with Gasteiger partial charge in [-0.2, -0.15) is 4.98 Å². The number of thiol groups is 2. The summed E-state index contributed by atoms with van der Waals surface area (Å²) in [6.07, 6.45) is -4.10. The van der Waals surface area contributed by atoms with Gasteiger partial charge < -0.3 is 26.0 Å². The van der Waals surface area contributed by atoms with Crippen LogP contribution in [0.1, 0.15) is 18.9 Å². The quantitative estimate of drug-likeness (QED) is 0.124. The van der Waals surface area contributed by atoms with E-state index in [-0.39, 0.29) is 29.4 Å². The number of nitrogen functional groups attached to an aromatic ring is 2. The van der Waals surface area contributed by atoms with Crippen molar-refractivity contribution < 1.29 is 41.8 Å². The minimum Gasteiger partial charge on any atom is -0.387 e. The summed E-state index contributed by atoms with van der Waals surface area (Å²) in [5, 5.41) is 11.1. The summed E-state index contributed by atoms with van der Waals surface area (Å²) in [6.45, 7) is -9.32. The van der Waals surface area contributed by atoms with E-state index < -0.39 is 75.3 Å². The highest BCUT2D eigenvalue weighted by atomic mass is 32.7. The molecule has 7 rings (SSSR count). The standard InChI is InChI=1S/C20H24N10O10P2S2/c21-15-11-16(24-4-23-15)29(5-25-11)10-1-7-8(37-10)2-35-42(34,44)40-14-13(31)9(3-36-41(33,43)39-7)38-19(14)30-6-26-12-17(30)27-20(22)28-18(12)32/h4-10,13-14,19,31H,1-3H2,(H,33,43)(H,34,44)(H2,21,23,24)(H3,22,27,28,32)/t7-,8-,9-,10-,13+,14?,19-,41?,42?/m1/s1. The van der Waals surface area contributed by atoms with E-state index >= 15 is 0 Å². The average molecular weight is 691 g/mol. The van der Waals surface area contributed by atoms with E-state index in [0.717, 1.165) is 0 Å². The molecule has 3 unspecified atom stereocenters. The molecule has 6 N–H and O–H groups in total. The smallest absolute Gasteiger partial charge is 0.386 e. The zero-order chi connectivity index (χ0) is 31.0. The van der Waals surface area contributed by atoms with Gasteiger partial charge in [-0.25, -0.2) is 29.1 Å². The third-order valence-corrected chi connectivity index (χ3v) is 10.5. The molecule has 3 fully saturated rings. The largest absolute Gasteiger partial charge is 0.387 e. The Morgan fingerprint density at radius 2 is 1.61 bits per heavy atom. The Morgan fingerprint density at radius 1 is 0.909 bits per heavy atom. The number of aliphatic hydroxyl groups excluding tert-OH is 1. The number of anilines is 2. The van der Waals surface area contributed by atoms with Crippen LogP contribution >= 0.6 is 38.1 Å².